The van der Waals surface area contributed by atoms with E-state index < -0.39 is 11.4 Å². The van der Waals surface area contributed by atoms with Gasteiger partial charge in [0.15, 0.2) is 0 Å². The predicted molar refractivity (Wildman–Crippen MR) is 53.7 cm³/mol. The summed E-state index contributed by atoms with van der Waals surface area (Å²) in [5, 5.41) is 12.0. The number of nitrogens with one attached hydrogen (secondary N) is 1. The van der Waals surface area contributed by atoms with Crippen LogP contribution < -0.4 is 11.1 Å². The van der Waals surface area contributed by atoms with Crippen molar-refractivity contribution in [2.75, 3.05) is 7.05 Å². The van der Waals surface area contributed by atoms with Crippen molar-refractivity contribution in [2.45, 2.75) is 12.5 Å². The zero-order valence-corrected chi connectivity index (χ0v) is 8.24. The molecule has 76 valence electrons. The Balaban J connectivity index is 3.13. The fourth-order valence-electron chi connectivity index (χ4n) is 1.20. The number of phenols is 1. The van der Waals surface area contributed by atoms with Crippen molar-refractivity contribution in [1.82, 2.24) is 5.32 Å². The van der Waals surface area contributed by atoms with Crippen molar-refractivity contribution in [1.29, 1.82) is 0 Å². The predicted octanol–water partition coefficient (Wildman–Crippen LogP) is 0.312. The summed E-state index contributed by atoms with van der Waals surface area (Å²) in [6.07, 6.45) is 0. The highest BCUT2D eigenvalue weighted by Gasteiger charge is 2.30. The van der Waals surface area contributed by atoms with E-state index in [2.05, 4.69) is 5.32 Å². The fraction of sp³-hybridized carbons (Fsp3) is 0.300. The monoisotopic (exact) mass is 194 g/mol. The summed E-state index contributed by atoms with van der Waals surface area (Å²) in [5.41, 5.74) is 5.12. The molecule has 1 aromatic rings. The smallest absolute Gasteiger partial charge is 0.242 e. The van der Waals surface area contributed by atoms with Crippen molar-refractivity contribution < 1.29 is 9.90 Å². The molecule has 0 aliphatic heterocycles. The molecule has 1 aromatic carbocycles. The summed E-state index contributed by atoms with van der Waals surface area (Å²) < 4.78 is 0. The highest BCUT2D eigenvalue weighted by Crippen LogP contribution is 2.21. The molecule has 1 amide bonds. The van der Waals surface area contributed by atoms with Gasteiger partial charge >= 0.3 is 0 Å². The molecule has 1 rings (SSSR count). The molecule has 14 heavy (non-hydrogen) atoms. The number of rotatable bonds is 3. The van der Waals surface area contributed by atoms with E-state index in [-0.39, 0.29) is 5.75 Å². The normalized spacial score (nSPS) is 14.7. The van der Waals surface area contributed by atoms with Crippen LogP contribution in [-0.2, 0) is 10.3 Å². The van der Waals surface area contributed by atoms with Crippen molar-refractivity contribution in [2.24, 2.45) is 5.73 Å². The van der Waals surface area contributed by atoms with Crippen LogP contribution in [0.2, 0.25) is 0 Å². The number of primary amides is 1. The van der Waals surface area contributed by atoms with E-state index in [1.807, 2.05) is 0 Å². The first-order valence-corrected chi connectivity index (χ1v) is 4.29. The van der Waals surface area contributed by atoms with Crippen LogP contribution >= 0.6 is 0 Å². The minimum absolute atomic E-state index is 0.164. The lowest BCUT2D eigenvalue weighted by Crippen LogP contribution is -2.48. The molecular formula is C10H14N2O2. The number of carbonyl (C=O) groups is 1. The average Bonchev–Trinajstić information content (AvgIpc) is 2.17. The number of amides is 1. The van der Waals surface area contributed by atoms with Gasteiger partial charge in [-0.3, -0.25) is 4.79 Å². The third-order valence-corrected chi connectivity index (χ3v) is 2.44. The van der Waals surface area contributed by atoms with Crippen LogP contribution in [0.25, 0.3) is 0 Å². The number of likely N-dealkylation sites (N-methyl/N-ethyl adjacent to an activating group) is 1. The Morgan fingerprint density at radius 2 is 1.93 bits per heavy atom. The van der Waals surface area contributed by atoms with Gasteiger partial charge in [-0.25, -0.2) is 0 Å². The zero-order valence-electron chi connectivity index (χ0n) is 8.24. The van der Waals surface area contributed by atoms with Gasteiger partial charge in [0.2, 0.25) is 5.91 Å². The van der Waals surface area contributed by atoms with Crippen molar-refractivity contribution >= 4 is 5.91 Å². The van der Waals surface area contributed by atoms with Crippen LogP contribution in [0.15, 0.2) is 24.3 Å². The maximum absolute atomic E-state index is 11.2. The van der Waals surface area contributed by atoms with Crippen molar-refractivity contribution in [3.05, 3.63) is 29.8 Å². The van der Waals surface area contributed by atoms with Gasteiger partial charge in [0.1, 0.15) is 11.3 Å². The Morgan fingerprint density at radius 1 is 1.43 bits per heavy atom. The molecule has 4 N–H and O–H groups in total. The van der Waals surface area contributed by atoms with Crippen LogP contribution in [0.1, 0.15) is 12.5 Å². The van der Waals surface area contributed by atoms with Gasteiger partial charge in [-0.15, -0.1) is 0 Å². The standard InChI is InChI=1S/C10H14N2O2/c1-10(12-2,9(11)14)7-3-5-8(13)6-4-7/h3-6,12-13H,1-2H3,(H2,11,14). The number of phenolic OH excluding ortho intramolecular Hbond substituents is 1. The van der Waals surface area contributed by atoms with E-state index >= 15 is 0 Å². The summed E-state index contributed by atoms with van der Waals surface area (Å²) in [5.74, 6) is -0.289. The van der Waals surface area contributed by atoms with Gasteiger partial charge in [-0.2, -0.15) is 0 Å². The number of hydrogen-bond donors (Lipinski definition) is 3. The molecule has 0 fully saturated rings. The first kappa shape index (κ1) is 10.5. The average molecular weight is 194 g/mol. The number of aromatic hydroxyl groups is 1. The molecule has 0 saturated heterocycles. The first-order valence-electron chi connectivity index (χ1n) is 4.29. The van der Waals surface area contributed by atoms with E-state index in [1.165, 1.54) is 12.1 Å². The lowest BCUT2D eigenvalue weighted by molar-refractivity contribution is -0.123. The second kappa shape index (κ2) is 3.67. The summed E-state index contributed by atoms with van der Waals surface area (Å²) in [6, 6.07) is 6.37. The molecule has 0 aromatic heterocycles. The fourth-order valence-corrected chi connectivity index (χ4v) is 1.20. The van der Waals surface area contributed by atoms with Crippen molar-refractivity contribution in [3.63, 3.8) is 0 Å². The largest absolute Gasteiger partial charge is 0.508 e. The molecule has 0 saturated carbocycles. The molecular weight excluding hydrogens is 180 g/mol. The summed E-state index contributed by atoms with van der Waals surface area (Å²) >= 11 is 0. The Morgan fingerprint density at radius 3 is 2.29 bits per heavy atom. The third kappa shape index (κ3) is 1.70. The highest BCUT2D eigenvalue weighted by molar-refractivity contribution is 5.85. The maximum atomic E-state index is 11.2. The van der Waals surface area contributed by atoms with Gasteiger partial charge in [0.05, 0.1) is 0 Å². The van der Waals surface area contributed by atoms with E-state index in [4.69, 9.17) is 10.8 Å². The first-order chi connectivity index (χ1) is 6.50. The lowest BCUT2D eigenvalue weighted by Gasteiger charge is -2.25. The maximum Gasteiger partial charge on any atom is 0.242 e. The minimum atomic E-state index is -0.895. The summed E-state index contributed by atoms with van der Waals surface area (Å²) in [4.78, 5) is 11.2. The highest BCUT2D eigenvalue weighted by atomic mass is 16.3. The summed E-state index contributed by atoms with van der Waals surface area (Å²) in [7, 11) is 1.66. The molecule has 1 atom stereocenters. The Labute approximate surface area is 82.7 Å². The molecule has 4 heteroatoms. The van der Waals surface area contributed by atoms with Gasteiger partial charge in [0, 0.05) is 0 Å². The second-order valence-corrected chi connectivity index (χ2v) is 3.29. The van der Waals surface area contributed by atoms with Crippen LogP contribution in [0.5, 0.6) is 5.75 Å². The molecule has 0 heterocycles. The number of hydrogen-bond acceptors (Lipinski definition) is 3. The number of benzene rings is 1. The Hall–Kier alpha value is -1.55. The second-order valence-electron chi connectivity index (χ2n) is 3.29. The van der Waals surface area contributed by atoms with Crippen LogP contribution in [-0.4, -0.2) is 18.1 Å². The number of nitrogens with two attached hydrogens (primary N) is 1. The molecule has 0 bridgehead atoms. The molecule has 0 radical (unpaired) electrons. The third-order valence-electron chi connectivity index (χ3n) is 2.44. The van der Waals surface area contributed by atoms with E-state index in [1.54, 1.807) is 26.1 Å². The van der Waals surface area contributed by atoms with Crippen molar-refractivity contribution in [3.8, 4) is 5.75 Å². The Kier molecular flexibility index (Phi) is 2.76. The van der Waals surface area contributed by atoms with Crippen LogP contribution in [0, 0.1) is 0 Å². The van der Waals surface area contributed by atoms with Crippen LogP contribution in [0.4, 0.5) is 0 Å². The molecule has 0 aliphatic rings. The minimum Gasteiger partial charge on any atom is -0.508 e. The van der Waals surface area contributed by atoms with E-state index in [9.17, 15) is 4.79 Å². The SMILES string of the molecule is CNC(C)(C(N)=O)c1ccc(O)cc1. The molecule has 4 nitrogen and oxygen atoms in total. The van der Waals surface area contributed by atoms with Gasteiger partial charge < -0.3 is 16.2 Å². The summed E-state index contributed by atoms with van der Waals surface area (Å²) in [6.45, 7) is 1.70. The van der Waals surface area contributed by atoms with E-state index in [0.717, 1.165) is 5.56 Å². The number of carbonyl (C=O) groups excluding carboxylic acids is 1. The van der Waals surface area contributed by atoms with Gasteiger partial charge in [0.25, 0.3) is 0 Å². The Bertz CT molecular complexity index is 334. The van der Waals surface area contributed by atoms with E-state index in [0.29, 0.717) is 0 Å². The lowest BCUT2D eigenvalue weighted by atomic mass is 9.91. The molecule has 0 aliphatic carbocycles. The van der Waals surface area contributed by atoms with Gasteiger partial charge in [-0.05, 0) is 31.7 Å². The van der Waals surface area contributed by atoms with Crippen LogP contribution in [0.3, 0.4) is 0 Å². The topological polar surface area (TPSA) is 75.3 Å². The quantitative estimate of drug-likeness (QED) is 0.648. The molecule has 0 spiro atoms. The molecule has 1 unspecified atom stereocenters. The zero-order chi connectivity index (χ0) is 10.8. The van der Waals surface area contributed by atoms with Gasteiger partial charge in [-0.1, -0.05) is 12.1 Å².